The van der Waals surface area contributed by atoms with Crippen molar-refractivity contribution in [3.8, 4) is 0 Å². The van der Waals surface area contributed by atoms with Crippen LogP contribution in [0.1, 0.15) is 39.5 Å². The molecule has 1 saturated heterocycles. The van der Waals surface area contributed by atoms with Crippen LogP contribution in [-0.2, 0) is 0 Å². The van der Waals surface area contributed by atoms with Gasteiger partial charge in [-0.25, -0.2) is 0 Å². The maximum Gasteiger partial charge on any atom is 0.0695 e. The van der Waals surface area contributed by atoms with E-state index in [-0.39, 0.29) is 6.10 Å². The maximum atomic E-state index is 9.87. The van der Waals surface area contributed by atoms with Crippen molar-refractivity contribution < 1.29 is 5.11 Å². The van der Waals surface area contributed by atoms with Gasteiger partial charge in [0.2, 0.25) is 0 Å². The third-order valence-electron chi connectivity index (χ3n) is 3.81. The van der Waals surface area contributed by atoms with Crippen LogP contribution in [0, 0.1) is 11.8 Å². The van der Waals surface area contributed by atoms with E-state index in [1.165, 1.54) is 32.4 Å². The Kier molecular flexibility index (Phi) is 3.13. The van der Waals surface area contributed by atoms with Crippen LogP contribution in [0.25, 0.3) is 0 Å². The van der Waals surface area contributed by atoms with Crippen LogP contribution in [0.4, 0.5) is 0 Å². The molecule has 2 fully saturated rings. The first-order chi connectivity index (χ1) is 6.66. The predicted octanol–water partition coefficient (Wildman–Crippen LogP) is 1.88. The van der Waals surface area contributed by atoms with Gasteiger partial charge in [0.1, 0.15) is 0 Å². The molecule has 0 aromatic carbocycles. The summed E-state index contributed by atoms with van der Waals surface area (Å²) in [6.07, 6.45) is 4.75. The molecule has 14 heavy (non-hydrogen) atoms. The Morgan fingerprint density at radius 2 is 1.71 bits per heavy atom. The highest BCUT2D eigenvalue weighted by Gasteiger charge is 2.34. The molecule has 1 N–H and O–H groups in total. The van der Waals surface area contributed by atoms with Crippen molar-refractivity contribution in [2.75, 3.05) is 13.1 Å². The van der Waals surface area contributed by atoms with Crippen molar-refractivity contribution in [1.29, 1.82) is 0 Å². The Hall–Kier alpha value is -0.0800. The number of rotatable bonds is 1. The van der Waals surface area contributed by atoms with Gasteiger partial charge in [-0.05, 0) is 37.5 Å². The summed E-state index contributed by atoms with van der Waals surface area (Å²) in [7, 11) is 0. The van der Waals surface area contributed by atoms with E-state index in [9.17, 15) is 5.11 Å². The van der Waals surface area contributed by atoms with Gasteiger partial charge in [-0.2, -0.15) is 0 Å². The summed E-state index contributed by atoms with van der Waals surface area (Å²) in [4.78, 5) is 2.54. The Morgan fingerprint density at radius 1 is 1.07 bits per heavy atom. The normalized spacial score (nSPS) is 45.6. The van der Waals surface area contributed by atoms with Gasteiger partial charge in [-0.1, -0.05) is 13.8 Å². The first-order valence-corrected chi connectivity index (χ1v) is 6.09. The van der Waals surface area contributed by atoms with Crippen LogP contribution in [0.15, 0.2) is 0 Å². The van der Waals surface area contributed by atoms with Crippen molar-refractivity contribution in [3.63, 3.8) is 0 Å². The van der Waals surface area contributed by atoms with Gasteiger partial charge in [0.05, 0.1) is 6.10 Å². The summed E-state index contributed by atoms with van der Waals surface area (Å²) in [6.45, 7) is 7.08. The van der Waals surface area contributed by atoms with E-state index >= 15 is 0 Å². The number of hydrogen-bond donors (Lipinski definition) is 1. The zero-order chi connectivity index (χ0) is 10.1. The van der Waals surface area contributed by atoms with E-state index in [0.29, 0.717) is 6.04 Å². The van der Waals surface area contributed by atoms with Crippen molar-refractivity contribution in [2.24, 2.45) is 11.8 Å². The molecule has 0 radical (unpaired) electrons. The quantitative estimate of drug-likeness (QED) is 0.694. The van der Waals surface area contributed by atoms with Gasteiger partial charge < -0.3 is 5.11 Å². The third kappa shape index (κ3) is 2.12. The summed E-state index contributed by atoms with van der Waals surface area (Å²) >= 11 is 0. The van der Waals surface area contributed by atoms with Crippen LogP contribution in [-0.4, -0.2) is 35.2 Å². The smallest absolute Gasteiger partial charge is 0.0695 e. The molecule has 1 aliphatic carbocycles. The molecule has 2 aliphatic rings. The van der Waals surface area contributed by atoms with Crippen LogP contribution in [0.2, 0.25) is 0 Å². The highest BCUT2D eigenvalue weighted by Crippen LogP contribution is 2.29. The van der Waals surface area contributed by atoms with E-state index in [4.69, 9.17) is 0 Å². The Bertz CT molecular complexity index is 185. The average Bonchev–Trinajstić information content (AvgIpc) is 2.49. The van der Waals surface area contributed by atoms with Crippen LogP contribution < -0.4 is 0 Å². The molecular weight excluding hydrogens is 174 g/mol. The minimum absolute atomic E-state index is 0.0486. The highest BCUT2D eigenvalue weighted by molar-refractivity contribution is 4.88. The molecule has 1 heterocycles. The highest BCUT2D eigenvalue weighted by atomic mass is 16.3. The van der Waals surface area contributed by atoms with Crippen molar-refractivity contribution in [1.82, 2.24) is 4.90 Å². The lowest BCUT2D eigenvalue weighted by atomic mass is 9.90. The molecule has 0 aromatic rings. The fourth-order valence-corrected chi connectivity index (χ4v) is 3.33. The van der Waals surface area contributed by atoms with E-state index < -0.39 is 0 Å². The summed E-state index contributed by atoms with van der Waals surface area (Å²) in [5.74, 6) is 1.62. The molecule has 2 rings (SSSR count). The molecule has 4 atom stereocenters. The third-order valence-corrected chi connectivity index (χ3v) is 3.81. The Morgan fingerprint density at radius 3 is 2.21 bits per heavy atom. The number of aliphatic hydroxyl groups excluding tert-OH is 1. The van der Waals surface area contributed by atoms with Crippen LogP contribution in [0.5, 0.6) is 0 Å². The van der Waals surface area contributed by atoms with Gasteiger partial charge in [-0.15, -0.1) is 0 Å². The van der Waals surface area contributed by atoms with E-state index in [2.05, 4.69) is 18.7 Å². The van der Waals surface area contributed by atoms with E-state index in [1.54, 1.807) is 0 Å². The molecule has 2 nitrogen and oxygen atoms in total. The topological polar surface area (TPSA) is 23.5 Å². The molecule has 0 amide bonds. The summed E-state index contributed by atoms with van der Waals surface area (Å²) in [5, 5.41) is 9.87. The first kappa shape index (κ1) is 10.4. The van der Waals surface area contributed by atoms with E-state index in [0.717, 1.165) is 18.3 Å². The van der Waals surface area contributed by atoms with Crippen molar-refractivity contribution in [2.45, 2.75) is 51.7 Å². The lowest BCUT2D eigenvalue weighted by molar-refractivity contribution is 0.0303. The number of nitrogens with zero attached hydrogens (tertiary/aromatic N) is 1. The Labute approximate surface area is 87.3 Å². The predicted molar refractivity (Wildman–Crippen MR) is 58.2 cm³/mol. The van der Waals surface area contributed by atoms with Crippen molar-refractivity contribution in [3.05, 3.63) is 0 Å². The van der Waals surface area contributed by atoms with Crippen LogP contribution >= 0.6 is 0 Å². The standard InChI is InChI=1S/C12H23NO/c1-9-6-10(2)8-13(7-9)11-4-3-5-12(11)14/h9-12,14H,3-8H2,1-2H3. The molecule has 1 aliphatic heterocycles. The second kappa shape index (κ2) is 4.19. The minimum Gasteiger partial charge on any atom is -0.391 e. The maximum absolute atomic E-state index is 9.87. The number of aliphatic hydroxyl groups is 1. The molecular formula is C12H23NO. The van der Waals surface area contributed by atoms with E-state index in [1.807, 2.05) is 0 Å². The van der Waals surface area contributed by atoms with Gasteiger partial charge in [-0.3, -0.25) is 4.90 Å². The van der Waals surface area contributed by atoms with Crippen molar-refractivity contribution >= 4 is 0 Å². The van der Waals surface area contributed by atoms with Gasteiger partial charge in [0.15, 0.2) is 0 Å². The summed E-state index contributed by atoms with van der Waals surface area (Å²) < 4.78 is 0. The average molecular weight is 197 g/mol. The lowest BCUT2D eigenvalue weighted by Gasteiger charge is -2.39. The van der Waals surface area contributed by atoms with Crippen LogP contribution in [0.3, 0.4) is 0 Å². The largest absolute Gasteiger partial charge is 0.391 e. The molecule has 82 valence electrons. The molecule has 4 unspecified atom stereocenters. The molecule has 0 bridgehead atoms. The Balaban J connectivity index is 1.95. The molecule has 0 spiro atoms. The number of likely N-dealkylation sites (tertiary alicyclic amines) is 1. The van der Waals surface area contributed by atoms with Gasteiger partial charge >= 0.3 is 0 Å². The van der Waals surface area contributed by atoms with Gasteiger partial charge in [0, 0.05) is 19.1 Å². The fraction of sp³-hybridized carbons (Fsp3) is 1.00. The number of hydrogen-bond acceptors (Lipinski definition) is 2. The summed E-state index contributed by atoms with van der Waals surface area (Å²) in [6, 6.07) is 0.472. The number of piperidine rings is 1. The zero-order valence-electron chi connectivity index (χ0n) is 9.45. The minimum atomic E-state index is -0.0486. The second-order valence-corrected chi connectivity index (χ2v) is 5.47. The second-order valence-electron chi connectivity index (χ2n) is 5.47. The lowest BCUT2D eigenvalue weighted by Crippen LogP contribution is -2.48. The monoisotopic (exact) mass is 197 g/mol. The van der Waals surface area contributed by atoms with Gasteiger partial charge in [0.25, 0.3) is 0 Å². The fourth-order valence-electron chi connectivity index (χ4n) is 3.33. The first-order valence-electron chi connectivity index (χ1n) is 6.09. The molecule has 2 heteroatoms. The molecule has 1 saturated carbocycles. The SMILES string of the molecule is CC1CC(C)CN(C2CCCC2O)C1. The molecule has 0 aromatic heterocycles. The zero-order valence-corrected chi connectivity index (χ0v) is 9.45. The summed E-state index contributed by atoms with van der Waals surface area (Å²) in [5.41, 5.74) is 0.